The molecule has 3 atom stereocenters. The first-order valence-electron chi connectivity index (χ1n) is 9.63. The van der Waals surface area contributed by atoms with Gasteiger partial charge in [0.2, 0.25) is 5.91 Å². The van der Waals surface area contributed by atoms with E-state index in [0.29, 0.717) is 25.5 Å². The van der Waals surface area contributed by atoms with E-state index in [1.165, 1.54) is 25.7 Å². The van der Waals surface area contributed by atoms with Gasteiger partial charge in [0.05, 0.1) is 0 Å². The lowest BCUT2D eigenvalue weighted by atomic mass is 9.86. The third kappa shape index (κ3) is 4.24. The first-order valence-corrected chi connectivity index (χ1v) is 9.63. The Hall–Kier alpha value is -2.36. The molecule has 1 aromatic carbocycles. The van der Waals surface area contributed by atoms with Gasteiger partial charge in [-0.05, 0) is 60.8 Å². The van der Waals surface area contributed by atoms with Crippen molar-refractivity contribution in [3.63, 3.8) is 0 Å². The summed E-state index contributed by atoms with van der Waals surface area (Å²) in [6, 6.07) is 11.8. The molecule has 136 valence electrons. The van der Waals surface area contributed by atoms with Crippen LogP contribution in [0.3, 0.4) is 0 Å². The van der Waals surface area contributed by atoms with Gasteiger partial charge in [-0.25, -0.2) is 0 Å². The van der Waals surface area contributed by atoms with E-state index in [1.54, 1.807) is 12.4 Å². The predicted octanol–water partition coefficient (Wildman–Crippen LogP) is 4.10. The lowest BCUT2D eigenvalue weighted by Gasteiger charge is -2.20. The molecular weight excluding hydrogens is 324 g/mol. The van der Waals surface area contributed by atoms with E-state index in [4.69, 9.17) is 4.74 Å². The first kappa shape index (κ1) is 17.1. The van der Waals surface area contributed by atoms with Crippen molar-refractivity contribution in [2.24, 2.45) is 17.8 Å². The summed E-state index contributed by atoms with van der Waals surface area (Å²) in [6.45, 7) is 1.09. The fraction of sp³-hybridized carbons (Fsp3) is 0.455. The number of aromatic nitrogens is 1. The van der Waals surface area contributed by atoms with Crippen LogP contribution in [-0.4, -0.2) is 10.9 Å². The second kappa shape index (κ2) is 7.90. The van der Waals surface area contributed by atoms with Crippen LogP contribution in [-0.2, 0) is 17.9 Å². The summed E-state index contributed by atoms with van der Waals surface area (Å²) in [5, 5.41) is 3.07. The van der Waals surface area contributed by atoms with Crippen LogP contribution in [0.1, 0.15) is 43.2 Å². The zero-order valence-corrected chi connectivity index (χ0v) is 15.1. The predicted molar refractivity (Wildman–Crippen MR) is 100 cm³/mol. The standard InChI is InChI=1S/C22H26N2O2/c25-22(12-20-11-17-3-6-19(20)10-17)24-14-16-4-7-21(8-5-16)26-15-18-2-1-9-23-13-18/h1-2,4-5,7-9,13,17,19-20H,3,6,10-12,14-15H2,(H,24,25). The van der Waals surface area contributed by atoms with Crippen LogP contribution in [0.4, 0.5) is 0 Å². The monoisotopic (exact) mass is 350 g/mol. The molecule has 0 spiro atoms. The number of benzene rings is 1. The van der Waals surface area contributed by atoms with Crippen molar-refractivity contribution in [2.45, 2.75) is 45.3 Å². The molecule has 0 saturated heterocycles. The van der Waals surface area contributed by atoms with Crippen molar-refractivity contribution >= 4 is 5.91 Å². The molecule has 0 radical (unpaired) electrons. The highest BCUT2D eigenvalue weighted by Crippen LogP contribution is 2.49. The summed E-state index contributed by atoms with van der Waals surface area (Å²) in [5.41, 5.74) is 2.14. The molecule has 1 aromatic heterocycles. The molecular formula is C22H26N2O2. The average Bonchev–Trinajstić information content (AvgIpc) is 3.29. The van der Waals surface area contributed by atoms with Crippen LogP contribution in [0, 0.1) is 17.8 Å². The Balaban J connectivity index is 1.21. The minimum absolute atomic E-state index is 0.194. The van der Waals surface area contributed by atoms with Crippen molar-refractivity contribution in [3.8, 4) is 5.75 Å². The maximum absolute atomic E-state index is 12.2. The van der Waals surface area contributed by atoms with E-state index in [2.05, 4.69) is 10.3 Å². The van der Waals surface area contributed by atoms with Crippen LogP contribution >= 0.6 is 0 Å². The Morgan fingerprint density at radius 3 is 2.69 bits per heavy atom. The number of nitrogens with zero attached hydrogens (tertiary/aromatic N) is 1. The Labute approximate surface area is 155 Å². The fourth-order valence-electron chi connectivity index (χ4n) is 4.49. The number of amides is 1. The number of hydrogen-bond acceptors (Lipinski definition) is 3. The minimum Gasteiger partial charge on any atom is -0.489 e. The molecule has 3 unspecified atom stereocenters. The van der Waals surface area contributed by atoms with E-state index in [0.717, 1.165) is 28.7 Å². The third-order valence-electron chi connectivity index (χ3n) is 5.87. The van der Waals surface area contributed by atoms with Gasteiger partial charge in [0.15, 0.2) is 0 Å². The molecule has 2 aliphatic rings. The Bertz CT molecular complexity index is 730. The Morgan fingerprint density at radius 1 is 1.12 bits per heavy atom. The molecule has 2 bridgehead atoms. The fourth-order valence-corrected chi connectivity index (χ4v) is 4.49. The van der Waals surface area contributed by atoms with Crippen molar-refractivity contribution in [3.05, 3.63) is 59.9 Å². The molecule has 1 heterocycles. The number of pyridine rings is 1. The highest BCUT2D eigenvalue weighted by molar-refractivity contribution is 5.76. The number of nitrogens with one attached hydrogen (secondary N) is 1. The van der Waals surface area contributed by atoms with Crippen LogP contribution in [0.5, 0.6) is 5.75 Å². The van der Waals surface area contributed by atoms with Crippen LogP contribution in [0.25, 0.3) is 0 Å². The van der Waals surface area contributed by atoms with E-state index in [1.807, 2.05) is 36.4 Å². The zero-order chi connectivity index (χ0) is 17.8. The number of fused-ring (bicyclic) bond motifs is 2. The highest BCUT2D eigenvalue weighted by Gasteiger charge is 2.39. The van der Waals surface area contributed by atoms with Crippen LogP contribution in [0.2, 0.25) is 0 Å². The molecule has 1 amide bonds. The molecule has 1 N–H and O–H groups in total. The number of hydrogen-bond donors (Lipinski definition) is 1. The Morgan fingerprint density at radius 2 is 2.00 bits per heavy atom. The Kier molecular flexibility index (Phi) is 5.19. The number of carbonyl (C=O) groups excluding carboxylic acids is 1. The maximum Gasteiger partial charge on any atom is 0.220 e. The van der Waals surface area contributed by atoms with Gasteiger partial charge < -0.3 is 10.1 Å². The van der Waals surface area contributed by atoms with Crippen LogP contribution < -0.4 is 10.1 Å². The third-order valence-corrected chi connectivity index (χ3v) is 5.87. The summed E-state index contributed by atoms with van der Waals surface area (Å²) >= 11 is 0. The summed E-state index contributed by atoms with van der Waals surface area (Å²) in [4.78, 5) is 16.3. The molecule has 4 rings (SSSR count). The summed E-state index contributed by atoms with van der Waals surface area (Å²) in [6.07, 6.45) is 9.61. The van der Waals surface area contributed by atoms with Gasteiger partial charge in [0.25, 0.3) is 0 Å². The molecule has 4 heteroatoms. The first-order chi connectivity index (χ1) is 12.8. The topological polar surface area (TPSA) is 51.2 Å². The normalized spacial score (nSPS) is 23.8. The summed E-state index contributed by atoms with van der Waals surface area (Å²) in [5.74, 6) is 3.35. The van der Waals surface area contributed by atoms with Gasteiger partial charge in [0.1, 0.15) is 12.4 Å². The lowest BCUT2D eigenvalue weighted by Crippen LogP contribution is -2.26. The second-order valence-electron chi connectivity index (χ2n) is 7.71. The van der Waals surface area contributed by atoms with E-state index in [-0.39, 0.29) is 5.91 Å². The zero-order valence-electron chi connectivity index (χ0n) is 15.1. The number of ether oxygens (including phenoxy) is 1. The van der Waals surface area contributed by atoms with Gasteiger partial charge in [-0.2, -0.15) is 0 Å². The molecule has 2 aliphatic carbocycles. The molecule has 2 saturated carbocycles. The smallest absolute Gasteiger partial charge is 0.220 e. The van der Waals surface area contributed by atoms with Gasteiger partial charge in [-0.3, -0.25) is 9.78 Å². The van der Waals surface area contributed by atoms with Crippen molar-refractivity contribution < 1.29 is 9.53 Å². The van der Waals surface area contributed by atoms with E-state index in [9.17, 15) is 4.79 Å². The molecule has 2 fully saturated rings. The van der Waals surface area contributed by atoms with E-state index < -0.39 is 0 Å². The second-order valence-corrected chi connectivity index (χ2v) is 7.71. The van der Waals surface area contributed by atoms with E-state index >= 15 is 0 Å². The average molecular weight is 350 g/mol. The van der Waals surface area contributed by atoms with Gasteiger partial charge in [-0.1, -0.05) is 24.6 Å². The van der Waals surface area contributed by atoms with Crippen molar-refractivity contribution in [1.82, 2.24) is 10.3 Å². The van der Waals surface area contributed by atoms with Gasteiger partial charge in [-0.15, -0.1) is 0 Å². The quantitative estimate of drug-likeness (QED) is 0.818. The maximum atomic E-state index is 12.2. The lowest BCUT2D eigenvalue weighted by molar-refractivity contribution is -0.122. The molecule has 0 aliphatic heterocycles. The number of carbonyl (C=O) groups is 1. The SMILES string of the molecule is O=C(CC1CC2CCC1C2)NCc1ccc(OCc2cccnc2)cc1. The van der Waals surface area contributed by atoms with Crippen molar-refractivity contribution in [1.29, 1.82) is 0 Å². The van der Waals surface area contributed by atoms with Gasteiger partial charge in [0, 0.05) is 30.9 Å². The summed E-state index contributed by atoms with van der Waals surface area (Å²) < 4.78 is 5.76. The largest absolute Gasteiger partial charge is 0.489 e. The summed E-state index contributed by atoms with van der Waals surface area (Å²) in [7, 11) is 0. The molecule has 2 aromatic rings. The van der Waals surface area contributed by atoms with Crippen molar-refractivity contribution in [2.75, 3.05) is 0 Å². The molecule has 26 heavy (non-hydrogen) atoms. The minimum atomic E-state index is 0.194. The highest BCUT2D eigenvalue weighted by atomic mass is 16.5. The van der Waals surface area contributed by atoms with Crippen LogP contribution in [0.15, 0.2) is 48.8 Å². The van der Waals surface area contributed by atoms with Gasteiger partial charge >= 0.3 is 0 Å². The number of rotatable bonds is 7. The molecule has 4 nitrogen and oxygen atoms in total.